The van der Waals surface area contributed by atoms with Crippen molar-refractivity contribution in [2.75, 3.05) is 0 Å². The molecule has 0 aliphatic rings. The van der Waals surface area contributed by atoms with E-state index in [0.29, 0.717) is 5.58 Å². The van der Waals surface area contributed by atoms with Crippen molar-refractivity contribution in [2.24, 2.45) is 0 Å². The Hall–Kier alpha value is -2.82. The monoisotopic (exact) mass is 270 g/mol. The largest absolute Gasteiger partial charge is 0.477 e. The van der Waals surface area contributed by atoms with E-state index in [1.807, 2.05) is 6.92 Å². The second-order valence-electron chi connectivity index (χ2n) is 4.42. The van der Waals surface area contributed by atoms with Gasteiger partial charge < -0.3 is 13.9 Å². The van der Waals surface area contributed by atoms with Crippen molar-refractivity contribution in [3.63, 3.8) is 0 Å². The van der Waals surface area contributed by atoms with Crippen LogP contribution in [-0.4, -0.2) is 11.1 Å². The van der Waals surface area contributed by atoms with Gasteiger partial charge in [0.15, 0.2) is 17.1 Å². The molecular weight excluding hydrogens is 260 g/mol. The maximum Gasteiger partial charge on any atom is 0.343 e. The van der Waals surface area contributed by atoms with Gasteiger partial charge >= 0.3 is 5.97 Å². The number of aryl methyl sites for hydroxylation is 1. The Kier molecular flexibility index (Phi) is 2.68. The van der Waals surface area contributed by atoms with Crippen LogP contribution in [0.5, 0.6) is 0 Å². The number of hydrogen-bond donors (Lipinski definition) is 1. The summed E-state index contributed by atoms with van der Waals surface area (Å²) in [7, 11) is 0. The van der Waals surface area contributed by atoms with Gasteiger partial charge in [-0.1, -0.05) is 6.07 Å². The Bertz CT molecular complexity index is 856. The fraction of sp³-hybridized carbons (Fsp3) is 0.0667. The average molecular weight is 270 g/mol. The molecule has 1 N–H and O–H groups in total. The Labute approximate surface area is 113 Å². The van der Waals surface area contributed by atoms with Crippen LogP contribution in [0.4, 0.5) is 0 Å². The molecule has 0 amide bonds. The summed E-state index contributed by atoms with van der Waals surface area (Å²) in [4.78, 5) is 23.7. The lowest BCUT2D eigenvalue weighted by Crippen LogP contribution is -2.16. The van der Waals surface area contributed by atoms with Gasteiger partial charge in [0, 0.05) is 0 Å². The molecule has 3 rings (SSSR count). The molecule has 0 unspecified atom stereocenters. The number of furan rings is 1. The van der Waals surface area contributed by atoms with Crippen molar-refractivity contribution >= 4 is 16.9 Å². The van der Waals surface area contributed by atoms with Crippen LogP contribution in [0.3, 0.4) is 0 Å². The highest BCUT2D eigenvalue weighted by Gasteiger charge is 2.23. The van der Waals surface area contributed by atoms with Crippen LogP contribution >= 0.6 is 0 Å². The van der Waals surface area contributed by atoms with Crippen LogP contribution in [0.2, 0.25) is 0 Å². The number of carboxylic acids is 1. The van der Waals surface area contributed by atoms with E-state index in [0.717, 1.165) is 5.56 Å². The first-order valence-electron chi connectivity index (χ1n) is 5.92. The molecule has 100 valence electrons. The summed E-state index contributed by atoms with van der Waals surface area (Å²) in [5.74, 6) is -1.19. The van der Waals surface area contributed by atoms with E-state index in [4.69, 9.17) is 8.83 Å². The minimum Gasteiger partial charge on any atom is -0.477 e. The van der Waals surface area contributed by atoms with Gasteiger partial charge in [0.05, 0.1) is 11.6 Å². The average Bonchev–Trinajstić information content (AvgIpc) is 2.91. The van der Waals surface area contributed by atoms with E-state index in [1.165, 1.54) is 6.26 Å². The number of carbonyl (C=O) groups is 1. The summed E-state index contributed by atoms with van der Waals surface area (Å²) in [5, 5.41) is 9.50. The Morgan fingerprint density at radius 1 is 1.25 bits per heavy atom. The zero-order valence-corrected chi connectivity index (χ0v) is 10.5. The van der Waals surface area contributed by atoms with Crippen LogP contribution in [0.1, 0.15) is 15.9 Å². The first-order valence-corrected chi connectivity index (χ1v) is 5.92. The molecule has 5 nitrogen and oxygen atoms in total. The van der Waals surface area contributed by atoms with Gasteiger partial charge in [-0.25, -0.2) is 4.79 Å². The van der Waals surface area contributed by atoms with Gasteiger partial charge in [-0.2, -0.15) is 0 Å². The van der Waals surface area contributed by atoms with Gasteiger partial charge in [-0.15, -0.1) is 0 Å². The fourth-order valence-corrected chi connectivity index (χ4v) is 2.08. The number of fused-ring (bicyclic) bond motifs is 1. The molecule has 0 bridgehead atoms. The summed E-state index contributed by atoms with van der Waals surface area (Å²) in [6, 6.07) is 8.13. The van der Waals surface area contributed by atoms with Crippen molar-refractivity contribution in [1.29, 1.82) is 0 Å². The third kappa shape index (κ3) is 1.80. The second kappa shape index (κ2) is 4.38. The molecule has 20 heavy (non-hydrogen) atoms. The molecular formula is C15H10O5. The summed E-state index contributed by atoms with van der Waals surface area (Å²) < 4.78 is 10.7. The van der Waals surface area contributed by atoms with E-state index >= 15 is 0 Å². The zero-order valence-electron chi connectivity index (χ0n) is 10.5. The normalized spacial score (nSPS) is 10.8. The molecule has 0 saturated heterocycles. The van der Waals surface area contributed by atoms with Crippen LogP contribution < -0.4 is 5.43 Å². The topological polar surface area (TPSA) is 80.7 Å². The molecule has 0 radical (unpaired) electrons. The van der Waals surface area contributed by atoms with Crippen molar-refractivity contribution in [1.82, 2.24) is 0 Å². The highest BCUT2D eigenvalue weighted by atomic mass is 16.4. The minimum atomic E-state index is -1.34. The number of carboxylic acid groups (broad SMARTS) is 1. The van der Waals surface area contributed by atoms with E-state index in [1.54, 1.807) is 30.3 Å². The van der Waals surface area contributed by atoms with Gasteiger partial charge in [0.1, 0.15) is 5.58 Å². The molecule has 2 aromatic heterocycles. The van der Waals surface area contributed by atoms with E-state index < -0.39 is 17.0 Å². The second-order valence-corrected chi connectivity index (χ2v) is 4.42. The molecule has 0 aliphatic carbocycles. The van der Waals surface area contributed by atoms with Crippen molar-refractivity contribution in [2.45, 2.75) is 6.92 Å². The Balaban J connectivity index is 2.47. The smallest absolute Gasteiger partial charge is 0.343 e. The van der Waals surface area contributed by atoms with Crippen LogP contribution in [0.25, 0.3) is 22.5 Å². The molecule has 0 spiro atoms. The molecule has 0 saturated carbocycles. The molecule has 0 aliphatic heterocycles. The summed E-state index contributed by atoms with van der Waals surface area (Å²) in [6.07, 6.45) is 1.39. The highest BCUT2D eigenvalue weighted by molar-refractivity contribution is 5.97. The fourth-order valence-electron chi connectivity index (χ4n) is 2.08. The number of benzene rings is 1. The molecule has 3 aromatic rings. The van der Waals surface area contributed by atoms with Gasteiger partial charge in [0.2, 0.25) is 5.43 Å². The first kappa shape index (κ1) is 12.2. The third-order valence-electron chi connectivity index (χ3n) is 3.01. The van der Waals surface area contributed by atoms with Gasteiger partial charge in [-0.3, -0.25) is 4.79 Å². The molecule has 0 atom stereocenters. The Morgan fingerprint density at radius 3 is 2.70 bits per heavy atom. The van der Waals surface area contributed by atoms with Gasteiger partial charge in [0.25, 0.3) is 0 Å². The number of hydrogen-bond acceptors (Lipinski definition) is 4. The van der Waals surface area contributed by atoms with E-state index in [2.05, 4.69) is 0 Å². The summed E-state index contributed by atoms with van der Waals surface area (Å²) in [6.45, 7) is 1.86. The predicted octanol–water partition coefficient (Wildman–Crippen LogP) is 3.06. The maximum atomic E-state index is 12.3. The quantitative estimate of drug-likeness (QED) is 0.774. The van der Waals surface area contributed by atoms with E-state index in [9.17, 15) is 14.7 Å². The third-order valence-corrected chi connectivity index (χ3v) is 3.01. The van der Waals surface area contributed by atoms with Gasteiger partial charge in [-0.05, 0) is 36.8 Å². The summed E-state index contributed by atoms with van der Waals surface area (Å²) in [5.41, 5.74) is 0.252. The standard InChI is InChI=1S/C15H10O5/c1-8-4-5-9-11(7-8)20-14(10-3-2-6-19-10)12(13(9)16)15(17)18/h2-7H,1H3,(H,17,18). The maximum absolute atomic E-state index is 12.3. The predicted molar refractivity (Wildman–Crippen MR) is 71.9 cm³/mol. The minimum absolute atomic E-state index is 0.0643. The highest BCUT2D eigenvalue weighted by Crippen LogP contribution is 2.26. The number of rotatable bonds is 2. The van der Waals surface area contributed by atoms with Crippen molar-refractivity contribution in [3.8, 4) is 11.5 Å². The summed E-state index contributed by atoms with van der Waals surface area (Å²) >= 11 is 0. The van der Waals surface area contributed by atoms with Crippen molar-refractivity contribution in [3.05, 3.63) is 57.9 Å². The lowest BCUT2D eigenvalue weighted by molar-refractivity contribution is 0.0694. The Morgan fingerprint density at radius 2 is 2.05 bits per heavy atom. The molecule has 1 aromatic carbocycles. The number of aromatic carboxylic acids is 1. The molecule has 0 fully saturated rings. The molecule has 5 heteroatoms. The first-order chi connectivity index (χ1) is 9.58. The SMILES string of the molecule is Cc1ccc2c(=O)c(C(=O)O)c(-c3ccco3)oc2c1. The van der Waals surface area contributed by atoms with Crippen LogP contribution in [-0.2, 0) is 0 Å². The lowest BCUT2D eigenvalue weighted by Gasteiger charge is -2.05. The van der Waals surface area contributed by atoms with Crippen molar-refractivity contribution < 1.29 is 18.7 Å². The zero-order chi connectivity index (χ0) is 14.3. The van der Waals surface area contributed by atoms with Crippen LogP contribution in [0, 0.1) is 6.92 Å². The van der Waals surface area contributed by atoms with E-state index in [-0.39, 0.29) is 16.9 Å². The lowest BCUT2D eigenvalue weighted by atomic mass is 10.1. The van der Waals surface area contributed by atoms with Crippen LogP contribution in [0.15, 0.2) is 50.2 Å². The molecule has 2 heterocycles.